The van der Waals surface area contributed by atoms with Crippen LogP contribution in [0.4, 0.5) is 0 Å². The summed E-state index contributed by atoms with van der Waals surface area (Å²) in [5, 5.41) is 3.20. The Morgan fingerprint density at radius 3 is 2.45 bits per heavy atom. The van der Waals surface area contributed by atoms with Crippen molar-refractivity contribution in [2.75, 3.05) is 6.54 Å². The fraction of sp³-hybridized carbons (Fsp3) is 0.632. The van der Waals surface area contributed by atoms with Gasteiger partial charge in [-0.1, -0.05) is 63.4 Å². The van der Waals surface area contributed by atoms with Crippen molar-refractivity contribution in [2.24, 2.45) is 11.7 Å². The summed E-state index contributed by atoms with van der Waals surface area (Å²) < 4.78 is 0. The summed E-state index contributed by atoms with van der Waals surface area (Å²) in [4.78, 5) is 12.5. The first-order chi connectivity index (χ1) is 10.5. The van der Waals surface area contributed by atoms with Gasteiger partial charge in [0, 0.05) is 19.0 Å². The summed E-state index contributed by atoms with van der Waals surface area (Å²) >= 11 is 0. The molecule has 0 aliphatic heterocycles. The second-order valence-corrected chi connectivity index (χ2v) is 7.23. The molecule has 2 rings (SSSR count). The number of nitrogens with one attached hydrogen (secondary N) is 1. The van der Waals surface area contributed by atoms with E-state index < -0.39 is 0 Å². The highest BCUT2D eigenvalue weighted by molar-refractivity contribution is 5.77. The first kappa shape index (κ1) is 17.0. The third-order valence-corrected chi connectivity index (χ3v) is 4.98. The number of rotatable bonds is 6. The van der Waals surface area contributed by atoms with Crippen LogP contribution in [0.2, 0.25) is 0 Å². The van der Waals surface area contributed by atoms with Crippen LogP contribution in [0, 0.1) is 5.92 Å². The molecular formula is C19H30N2O. The third-order valence-electron chi connectivity index (χ3n) is 4.98. The van der Waals surface area contributed by atoms with Gasteiger partial charge in [0.15, 0.2) is 0 Å². The van der Waals surface area contributed by atoms with Crippen LogP contribution in [0.3, 0.4) is 0 Å². The van der Waals surface area contributed by atoms with E-state index in [4.69, 9.17) is 5.73 Å². The highest BCUT2D eigenvalue weighted by atomic mass is 16.1. The fourth-order valence-corrected chi connectivity index (χ4v) is 3.56. The van der Waals surface area contributed by atoms with Crippen molar-refractivity contribution >= 4 is 5.91 Å². The van der Waals surface area contributed by atoms with Gasteiger partial charge in [-0.15, -0.1) is 0 Å². The quantitative estimate of drug-likeness (QED) is 0.846. The van der Waals surface area contributed by atoms with Gasteiger partial charge in [-0.3, -0.25) is 4.79 Å². The fourth-order valence-electron chi connectivity index (χ4n) is 3.56. The Labute approximate surface area is 134 Å². The molecule has 1 aromatic carbocycles. The van der Waals surface area contributed by atoms with Crippen molar-refractivity contribution in [1.82, 2.24) is 5.32 Å². The average molecular weight is 302 g/mol. The highest BCUT2D eigenvalue weighted by Gasteiger charge is 2.28. The second-order valence-electron chi connectivity index (χ2n) is 7.23. The Morgan fingerprint density at radius 2 is 1.86 bits per heavy atom. The maximum Gasteiger partial charge on any atom is 0.221 e. The standard InChI is InChI=1S/C19H30N2O/c1-19(2,16-11-7-4-8-12-16)13-18(22)21-17(14-20)15-9-5-3-6-10-15/h4,7-8,11-12,15,17H,3,5-6,9-10,13-14,20H2,1-2H3,(H,21,22). The smallest absolute Gasteiger partial charge is 0.221 e. The zero-order chi connectivity index (χ0) is 16.0. The molecule has 1 amide bonds. The molecule has 0 bridgehead atoms. The second kappa shape index (κ2) is 7.77. The monoisotopic (exact) mass is 302 g/mol. The van der Waals surface area contributed by atoms with Crippen LogP contribution in [0.1, 0.15) is 57.9 Å². The summed E-state index contributed by atoms with van der Waals surface area (Å²) in [6, 6.07) is 10.4. The lowest BCUT2D eigenvalue weighted by Crippen LogP contribution is -2.47. The van der Waals surface area contributed by atoms with Crippen molar-refractivity contribution in [3.05, 3.63) is 35.9 Å². The summed E-state index contributed by atoms with van der Waals surface area (Å²) in [5.74, 6) is 0.678. The van der Waals surface area contributed by atoms with Crippen LogP contribution in [-0.4, -0.2) is 18.5 Å². The zero-order valence-corrected chi connectivity index (χ0v) is 14.0. The maximum absolute atomic E-state index is 12.5. The molecule has 1 unspecified atom stereocenters. The van der Waals surface area contributed by atoms with Crippen LogP contribution in [0.15, 0.2) is 30.3 Å². The molecule has 3 nitrogen and oxygen atoms in total. The molecule has 3 heteroatoms. The highest BCUT2D eigenvalue weighted by Crippen LogP contribution is 2.28. The number of nitrogens with two attached hydrogens (primary N) is 1. The first-order valence-electron chi connectivity index (χ1n) is 8.58. The predicted molar refractivity (Wildman–Crippen MR) is 91.6 cm³/mol. The van der Waals surface area contributed by atoms with Crippen molar-refractivity contribution in [2.45, 2.75) is 63.8 Å². The van der Waals surface area contributed by atoms with E-state index in [9.17, 15) is 4.79 Å². The van der Waals surface area contributed by atoms with Crippen LogP contribution in [-0.2, 0) is 10.2 Å². The van der Waals surface area contributed by atoms with Gasteiger partial charge in [0.1, 0.15) is 0 Å². The lowest BCUT2D eigenvalue weighted by atomic mass is 9.80. The van der Waals surface area contributed by atoms with Crippen molar-refractivity contribution < 1.29 is 4.79 Å². The molecule has 0 saturated heterocycles. The van der Waals surface area contributed by atoms with Crippen LogP contribution >= 0.6 is 0 Å². The Kier molecular flexibility index (Phi) is 6.01. The lowest BCUT2D eigenvalue weighted by molar-refractivity contribution is -0.123. The van der Waals surface area contributed by atoms with Gasteiger partial charge in [-0.2, -0.15) is 0 Å². The number of hydrogen-bond donors (Lipinski definition) is 2. The summed E-state index contributed by atoms with van der Waals surface area (Å²) in [6.07, 6.45) is 6.76. The minimum Gasteiger partial charge on any atom is -0.352 e. The minimum absolute atomic E-state index is 0.120. The van der Waals surface area contributed by atoms with Crippen LogP contribution in [0.5, 0.6) is 0 Å². The summed E-state index contributed by atoms with van der Waals surface area (Å²) in [7, 11) is 0. The first-order valence-corrected chi connectivity index (χ1v) is 8.58. The number of amides is 1. The number of hydrogen-bond acceptors (Lipinski definition) is 2. The molecule has 1 atom stereocenters. The molecule has 1 aliphatic rings. The van der Waals surface area contributed by atoms with Crippen molar-refractivity contribution in [1.29, 1.82) is 0 Å². The SMILES string of the molecule is CC(C)(CC(=O)NC(CN)C1CCCCC1)c1ccccc1. The molecule has 3 N–H and O–H groups in total. The molecule has 1 aromatic rings. The van der Waals surface area contributed by atoms with Crippen molar-refractivity contribution in [3.63, 3.8) is 0 Å². The van der Waals surface area contributed by atoms with Gasteiger partial charge in [0.2, 0.25) is 5.91 Å². The normalized spacial score (nSPS) is 18.0. The molecule has 22 heavy (non-hydrogen) atoms. The van der Waals surface area contributed by atoms with Crippen LogP contribution in [0.25, 0.3) is 0 Å². The van der Waals surface area contributed by atoms with Gasteiger partial charge >= 0.3 is 0 Å². The van der Waals surface area contributed by atoms with E-state index in [1.54, 1.807) is 0 Å². The minimum atomic E-state index is -0.156. The van der Waals surface area contributed by atoms with Gasteiger partial charge in [-0.05, 0) is 29.7 Å². The van der Waals surface area contributed by atoms with Gasteiger partial charge in [0.05, 0.1) is 0 Å². The lowest BCUT2D eigenvalue weighted by Gasteiger charge is -2.31. The maximum atomic E-state index is 12.5. The Bertz CT molecular complexity index is 464. The Balaban J connectivity index is 1.93. The molecule has 122 valence electrons. The van der Waals surface area contributed by atoms with E-state index in [0.717, 1.165) is 0 Å². The topological polar surface area (TPSA) is 55.1 Å². The van der Waals surface area contributed by atoms with E-state index in [0.29, 0.717) is 18.9 Å². The van der Waals surface area contributed by atoms with E-state index in [2.05, 4.69) is 31.3 Å². The number of benzene rings is 1. The van der Waals surface area contributed by atoms with Gasteiger partial charge in [0.25, 0.3) is 0 Å². The van der Waals surface area contributed by atoms with Gasteiger partial charge < -0.3 is 11.1 Å². The molecule has 0 spiro atoms. The van der Waals surface area contributed by atoms with Crippen molar-refractivity contribution in [3.8, 4) is 0 Å². The average Bonchev–Trinajstić information content (AvgIpc) is 2.54. The van der Waals surface area contributed by atoms with E-state index in [1.165, 1.54) is 37.7 Å². The molecule has 0 heterocycles. The largest absolute Gasteiger partial charge is 0.352 e. The zero-order valence-electron chi connectivity index (χ0n) is 14.0. The third kappa shape index (κ3) is 4.57. The Morgan fingerprint density at radius 1 is 1.23 bits per heavy atom. The number of carbonyl (C=O) groups excluding carboxylic acids is 1. The van der Waals surface area contributed by atoms with E-state index in [-0.39, 0.29) is 17.4 Å². The molecular weight excluding hydrogens is 272 g/mol. The van der Waals surface area contributed by atoms with Gasteiger partial charge in [-0.25, -0.2) is 0 Å². The van der Waals surface area contributed by atoms with E-state index in [1.807, 2.05) is 18.2 Å². The Hall–Kier alpha value is -1.35. The predicted octanol–water partition coefficient (Wildman–Crippen LogP) is 3.38. The molecule has 1 aliphatic carbocycles. The molecule has 1 saturated carbocycles. The summed E-state index contributed by atoms with van der Waals surface area (Å²) in [5.41, 5.74) is 6.96. The number of carbonyl (C=O) groups is 1. The molecule has 0 aromatic heterocycles. The van der Waals surface area contributed by atoms with E-state index >= 15 is 0 Å². The van der Waals surface area contributed by atoms with Crippen LogP contribution < -0.4 is 11.1 Å². The molecule has 1 fully saturated rings. The summed E-state index contributed by atoms with van der Waals surface area (Å²) in [6.45, 7) is 4.79. The molecule has 0 radical (unpaired) electrons.